The van der Waals surface area contributed by atoms with Crippen molar-refractivity contribution in [3.05, 3.63) is 48.0 Å². The highest BCUT2D eigenvalue weighted by molar-refractivity contribution is 14.0. The molecule has 3 rings (SSSR count). The van der Waals surface area contributed by atoms with E-state index in [4.69, 9.17) is 19.2 Å². The number of hydrogen-bond donors (Lipinski definition) is 2. The smallest absolute Gasteiger partial charge is 0.191 e. The molecule has 182 valence electrons. The number of halogens is 1. The van der Waals surface area contributed by atoms with Crippen LogP contribution in [0.3, 0.4) is 0 Å². The van der Waals surface area contributed by atoms with Gasteiger partial charge in [-0.3, -0.25) is 4.99 Å². The molecule has 0 atom stereocenters. The summed E-state index contributed by atoms with van der Waals surface area (Å²) in [6.07, 6.45) is 2.87. The number of para-hydroxylation sites is 1. The molecule has 0 radical (unpaired) electrons. The van der Waals surface area contributed by atoms with Crippen molar-refractivity contribution in [2.24, 2.45) is 4.99 Å². The van der Waals surface area contributed by atoms with Crippen LogP contribution in [0.25, 0.3) is 0 Å². The standard InChI is InChI=1S/C25H36N4O3.HI/c1-5-26-25(28-19-12-15-29(16-13-19)20-9-7-6-8-10-20)27-14-11-22-23(31-3)17-21(30-2)18-24(22)32-4;/h6-10,17-19H,5,11-16H2,1-4H3,(H2,26,27,28);1H. The lowest BCUT2D eigenvalue weighted by atomic mass is 10.0. The van der Waals surface area contributed by atoms with Crippen molar-refractivity contribution in [2.45, 2.75) is 32.2 Å². The summed E-state index contributed by atoms with van der Waals surface area (Å²) in [7, 11) is 4.96. The quantitative estimate of drug-likeness (QED) is 0.270. The number of nitrogens with zero attached hydrogens (tertiary/aromatic N) is 2. The number of rotatable bonds is 9. The van der Waals surface area contributed by atoms with E-state index in [1.807, 2.05) is 12.1 Å². The average molecular weight is 569 g/mol. The Kier molecular flexibility index (Phi) is 11.4. The van der Waals surface area contributed by atoms with Gasteiger partial charge in [0.05, 0.1) is 21.3 Å². The predicted octanol–water partition coefficient (Wildman–Crippen LogP) is 4.10. The SMILES string of the molecule is CCNC(=NCCc1c(OC)cc(OC)cc1OC)NC1CCN(c2ccccc2)CC1.I. The maximum Gasteiger partial charge on any atom is 0.191 e. The second-order valence-corrected chi connectivity index (χ2v) is 7.76. The van der Waals surface area contributed by atoms with Crippen molar-refractivity contribution >= 4 is 35.6 Å². The summed E-state index contributed by atoms with van der Waals surface area (Å²) in [4.78, 5) is 7.26. The summed E-state index contributed by atoms with van der Waals surface area (Å²) < 4.78 is 16.5. The van der Waals surface area contributed by atoms with Crippen LogP contribution in [0.1, 0.15) is 25.3 Å². The van der Waals surface area contributed by atoms with Gasteiger partial charge in [0.2, 0.25) is 0 Å². The lowest BCUT2D eigenvalue weighted by Crippen LogP contribution is -2.48. The molecule has 1 heterocycles. The Bertz CT molecular complexity index is 846. The second kappa shape index (κ2) is 14.0. The van der Waals surface area contributed by atoms with Crippen LogP contribution in [0.2, 0.25) is 0 Å². The first-order chi connectivity index (χ1) is 15.7. The van der Waals surface area contributed by atoms with E-state index < -0.39 is 0 Å². The fraction of sp³-hybridized carbons (Fsp3) is 0.480. The zero-order valence-electron chi connectivity index (χ0n) is 20.1. The summed E-state index contributed by atoms with van der Waals surface area (Å²) in [6, 6.07) is 14.8. The monoisotopic (exact) mass is 568 g/mol. The Labute approximate surface area is 214 Å². The zero-order chi connectivity index (χ0) is 22.8. The Balaban J connectivity index is 0.00000385. The van der Waals surface area contributed by atoms with E-state index in [1.54, 1.807) is 21.3 Å². The van der Waals surface area contributed by atoms with Crippen molar-refractivity contribution in [1.29, 1.82) is 0 Å². The van der Waals surface area contributed by atoms with Crippen molar-refractivity contribution in [3.63, 3.8) is 0 Å². The van der Waals surface area contributed by atoms with E-state index in [2.05, 4.69) is 52.8 Å². The Morgan fingerprint density at radius 3 is 2.18 bits per heavy atom. The molecule has 0 aliphatic carbocycles. The number of piperidine rings is 1. The molecular formula is C25H37IN4O3. The van der Waals surface area contributed by atoms with Gasteiger partial charge in [0.15, 0.2) is 5.96 Å². The molecule has 0 bridgehead atoms. The fourth-order valence-corrected chi connectivity index (χ4v) is 4.04. The number of nitrogens with one attached hydrogen (secondary N) is 2. The molecule has 2 N–H and O–H groups in total. The first-order valence-corrected chi connectivity index (χ1v) is 11.3. The van der Waals surface area contributed by atoms with Crippen molar-refractivity contribution in [3.8, 4) is 17.2 Å². The normalized spacial score (nSPS) is 14.3. The summed E-state index contributed by atoms with van der Waals surface area (Å²) in [5.74, 6) is 3.07. The van der Waals surface area contributed by atoms with Gasteiger partial charge in [0.1, 0.15) is 17.2 Å². The molecule has 7 nitrogen and oxygen atoms in total. The molecule has 0 amide bonds. The van der Waals surface area contributed by atoms with E-state index in [9.17, 15) is 0 Å². The van der Waals surface area contributed by atoms with Crippen LogP contribution in [-0.4, -0.2) is 59.5 Å². The van der Waals surface area contributed by atoms with Crippen molar-refractivity contribution < 1.29 is 14.2 Å². The van der Waals surface area contributed by atoms with Crippen molar-refractivity contribution in [2.75, 3.05) is 52.4 Å². The van der Waals surface area contributed by atoms with Gasteiger partial charge in [0, 0.05) is 55.6 Å². The van der Waals surface area contributed by atoms with E-state index in [1.165, 1.54) is 5.69 Å². The van der Waals surface area contributed by atoms with Gasteiger partial charge in [0.25, 0.3) is 0 Å². The molecule has 1 fully saturated rings. The van der Waals surface area contributed by atoms with Gasteiger partial charge in [-0.05, 0) is 38.3 Å². The third-order valence-electron chi connectivity index (χ3n) is 5.75. The molecule has 0 aromatic heterocycles. The largest absolute Gasteiger partial charge is 0.496 e. The summed E-state index contributed by atoms with van der Waals surface area (Å²) >= 11 is 0. The molecule has 8 heteroatoms. The zero-order valence-corrected chi connectivity index (χ0v) is 22.4. The summed E-state index contributed by atoms with van der Waals surface area (Å²) in [5.41, 5.74) is 2.29. The molecule has 0 saturated carbocycles. The number of anilines is 1. The summed E-state index contributed by atoms with van der Waals surface area (Å²) in [6.45, 7) is 5.62. The van der Waals surface area contributed by atoms with Crippen LogP contribution in [0.5, 0.6) is 17.2 Å². The van der Waals surface area contributed by atoms with E-state index in [0.29, 0.717) is 24.8 Å². The van der Waals surface area contributed by atoms with Gasteiger partial charge in [-0.2, -0.15) is 0 Å². The summed E-state index contributed by atoms with van der Waals surface area (Å²) in [5, 5.41) is 7.00. The average Bonchev–Trinajstić information content (AvgIpc) is 2.85. The van der Waals surface area contributed by atoms with Crippen LogP contribution >= 0.6 is 24.0 Å². The molecular weight excluding hydrogens is 531 g/mol. The topological polar surface area (TPSA) is 67.4 Å². The van der Waals surface area contributed by atoms with Crippen LogP contribution < -0.4 is 29.7 Å². The van der Waals surface area contributed by atoms with Gasteiger partial charge in [-0.25, -0.2) is 0 Å². The predicted molar refractivity (Wildman–Crippen MR) is 146 cm³/mol. The number of benzene rings is 2. The fourth-order valence-electron chi connectivity index (χ4n) is 4.04. The van der Waals surface area contributed by atoms with Gasteiger partial charge >= 0.3 is 0 Å². The van der Waals surface area contributed by atoms with E-state index >= 15 is 0 Å². The minimum absolute atomic E-state index is 0. The van der Waals surface area contributed by atoms with Crippen LogP contribution in [-0.2, 0) is 6.42 Å². The molecule has 1 saturated heterocycles. The maximum absolute atomic E-state index is 5.56. The molecule has 0 spiro atoms. The van der Waals surface area contributed by atoms with Gasteiger partial charge in [-0.15, -0.1) is 24.0 Å². The molecule has 0 unspecified atom stereocenters. The highest BCUT2D eigenvalue weighted by Gasteiger charge is 2.20. The Morgan fingerprint density at radius 1 is 1.00 bits per heavy atom. The number of ether oxygens (including phenoxy) is 3. The maximum atomic E-state index is 5.56. The number of guanidine groups is 1. The Morgan fingerprint density at radius 2 is 1.64 bits per heavy atom. The molecule has 1 aliphatic heterocycles. The lowest BCUT2D eigenvalue weighted by molar-refractivity contribution is 0.369. The first-order valence-electron chi connectivity index (χ1n) is 11.3. The van der Waals surface area contributed by atoms with Crippen LogP contribution in [0.15, 0.2) is 47.5 Å². The van der Waals surface area contributed by atoms with Gasteiger partial charge < -0.3 is 29.7 Å². The molecule has 2 aromatic rings. The molecule has 2 aromatic carbocycles. The number of hydrogen-bond acceptors (Lipinski definition) is 5. The number of aliphatic imine (C=N–C) groups is 1. The minimum atomic E-state index is 0. The van der Waals surface area contributed by atoms with Gasteiger partial charge in [-0.1, -0.05) is 18.2 Å². The second-order valence-electron chi connectivity index (χ2n) is 7.76. The third-order valence-corrected chi connectivity index (χ3v) is 5.75. The van der Waals surface area contributed by atoms with Crippen molar-refractivity contribution in [1.82, 2.24) is 10.6 Å². The minimum Gasteiger partial charge on any atom is -0.496 e. The highest BCUT2D eigenvalue weighted by atomic mass is 127. The third kappa shape index (κ3) is 7.58. The molecule has 33 heavy (non-hydrogen) atoms. The first kappa shape index (κ1) is 26.9. The molecule has 1 aliphatic rings. The van der Waals surface area contributed by atoms with Crippen LogP contribution in [0.4, 0.5) is 5.69 Å². The lowest BCUT2D eigenvalue weighted by Gasteiger charge is -2.34. The van der Waals surface area contributed by atoms with E-state index in [-0.39, 0.29) is 24.0 Å². The highest BCUT2D eigenvalue weighted by Crippen LogP contribution is 2.34. The van der Waals surface area contributed by atoms with E-state index in [0.717, 1.165) is 55.5 Å². The van der Waals surface area contributed by atoms with Crippen LogP contribution in [0, 0.1) is 0 Å². The Hall–Kier alpha value is -2.36. The number of methoxy groups -OCH3 is 3.